The molecule has 38 valence electrons. The van der Waals surface area contributed by atoms with Crippen molar-refractivity contribution in [2.24, 2.45) is 0 Å². The maximum absolute atomic E-state index is 10.2. The zero-order valence-electron chi connectivity index (χ0n) is 3.47. The molecule has 0 saturated carbocycles. The summed E-state index contributed by atoms with van der Waals surface area (Å²) in [6.07, 6.45) is 1.59. The van der Waals surface area contributed by atoms with Gasteiger partial charge in [0.2, 0.25) is 0 Å². The van der Waals surface area contributed by atoms with Gasteiger partial charge in [0.25, 0.3) is 0 Å². The van der Waals surface area contributed by atoms with Crippen LogP contribution in [0.3, 0.4) is 0 Å². The Morgan fingerprint density at radius 2 is 2.57 bits per heavy atom. The fourth-order valence-electron chi connectivity index (χ4n) is 0.261. The molecule has 0 atom stereocenters. The molecule has 1 heterocycles. The second kappa shape index (κ2) is 1.88. The summed E-state index contributed by atoms with van der Waals surface area (Å²) in [7, 11) is 0. The molecule has 0 unspecified atom stereocenters. The number of hydrogen-bond donors (Lipinski definition) is 2. The van der Waals surface area contributed by atoms with Crippen LogP contribution in [-0.4, -0.2) is 6.03 Å². The summed E-state index contributed by atoms with van der Waals surface area (Å²) in [5, 5.41) is 4.18. The lowest BCUT2D eigenvalue weighted by Gasteiger charge is -2.03. The molecule has 0 spiro atoms. The van der Waals surface area contributed by atoms with E-state index in [1.807, 2.05) is 0 Å². The highest BCUT2D eigenvalue weighted by Gasteiger charge is 1.96. The van der Waals surface area contributed by atoms with Gasteiger partial charge in [-0.25, -0.2) is 4.79 Å². The van der Waals surface area contributed by atoms with Crippen LogP contribution in [0.2, 0.25) is 0 Å². The van der Waals surface area contributed by atoms with Crippen LogP contribution in [0.25, 0.3) is 0 Å². The minimum atomic E-state index is -0.160. The normalized spacial score (nSPS) is 18.0. The van der Waals surface area contributed by atoms with Crippen LogP contribution in [0.5, 0.6) is 0 Å². The van der Waals surface area contributed by atoms with E-state index in [0.29, 0.717) is 0 Å². The Morgan fingerprint density at radius 1 is 1.71 bits per heavy atom. The minimum Gasteiger partial charge on any atom is -0.313 e. The van der Waals surface area contributed by atoms with Crippen molar-refractivity contribution in [3.8, 4) is 0 Å². The van der Waals surface area contributed by atoms with Crippen molar-refractivity contribution in [1.82, 2.24) is 10.0 Å². The molecule has 4 heteroatoms. The molecular weight excluding hydrogens is 112 g/mol. The zero-order valence-corrected chi connectivity index (χ0v) is 4.29. The monoisotopic (exact) mass is 116 g/mol. The van der Waals surface area contributed by atoms with Gasteiger partial charge in [-0.15, -0.1) is 0 Å². The molecule has 0 aromatic carbocycles. The molecule has 1 aliphatic rings. The maximum Gasteiger partial charge on any atom is 0.329 e. The maximum atomic E-state index is 10.2. The van der Waals surface area contributed by atoms with Crippen LogP contribution in [0.1, 0.15) is 0 Å². The largest absolute Gasteiger partial charge is 0.329 e. The number of carbonyl (C=O) groups excluding carboxylic acids is 1. The average molecular weight is 116 g/mol. The van der Waals surface area contributed by atoms with Gasteiger partial charge >= 0.3 is 6.03 Å². The summed E-state index contributed by atoms with van der Waals surface area (Å²) in [6, 6.07) is -0.160. The Morgan fingerprint density at radius 3 is 2.86 bits per heavy atom. The van der Waals surface area contributed by atoms with Gasteiger partial charge < -0.3 is 5.32 Å². The van der Waals surface area contributed by atoms with Crippen molar-refractivity contribution in [2.75, 3.05) is 0 Å². The first-order valence-corrected chi connectivity index (χ1v) is 2.65. The van der Waals surface area contributed by atoms with E-state index in [2.05, 4.69) is 10.0 Å². The highest BCUT2D eigenvalue weighted by atomic mass is 32.2. The van der Waals surface area contributed by atoms with Crippen molar-refractivity contribution < 1.29 is 4.79 Å². The molecule has 1 aliphatic heterocycles. The molecule has 0 aromatic rings. The molecule has 0 fully saturated rings. The molecule has 0 radical (unpaired) electrons. The summed E-state index contributed by atoms with van der Waals surface area (Å²) in [5.74, 6) is 0. The molecular formula is C3H4N2OS. The van der Waals surface area contributed by atoms with Gasteiger partial charge in [-0.1, -0.05) is 0 Å². The third-order valence-corrected chi connectivity index (χ3v) is 1.08. The summed E-state index contributed by atoms with van der Waals surface area (Å²) in [5.41, 5.74) is 0. The second-order valence-electron chi connectivity index (χ2n) is 0.996. The predicted molar refractivity (Wildman–Crippen MR) is 28.4 cm³/mol. The van der Waals surface area contributed by atoms with E-state index in [0.717, 1.165) is 0 Å². The Kier molecular flexibility index (Phi) is 1.21. The fourth-order valence-corrected chi connectivity index (χ4v) is 0.631. The first kappa shape index (κ1) is 4.52. The molecule has 0 bridgehead atoms. The van der Waals surface area contributed by atoms with Crippen molar-refractivity contribution in [1.29, 1.82) is 0 Å². The van der Waals surface area contributed by atoms with Gasteiger partial charge in [0.15, 0.2) is 0 Å². The Hall–Kier alpha value is -0.640. The Labute approximate surface area is 45.3 Å². The first-order valence-electron chi connectivity index (χ1n) is 1.77. The lowest BCUT2D eigenvalue weighted by molar-refractivity contribution is 0.249. The van der Waals surface area contributed by atoms with E-state index in [4.69, 9.17) is 0 Å². The molecule has 0 aromatic heterocycles. The Balaban J connectivity index is 2.47. The number of urea groups is 1. The van der Waals surface area contributed by atoms with E-state index in [1.54, 1.807) is 11.6 Å². The minimum absolute atomic E-state index is 0.160. The molecule has 1 rings (SSSR count). The average Bonchev–Trinajstić information content (AvgIpc) is 1.69. The predicted octanol–water partition coefficient (Wildman–Crippen LogP) is 0.419. The van der Waals surface area contributed by atoms with Gasteiger partial charge in [0.1, 0.15) is 0 Å². The molecule has 2 N–H and O–H groups in total. The Bertz CT molecular complexity index is 112. The third kappa shape index (κ3) is 1.12. The molecule has 2 amide bonds. The lowest BCUT2D eigenvalue weighted by atomic mass is 10.9. The van der Waals surface area contributed by atoms with E-state index >= 15 is 0 Å². The van der Waals surface area contributed by atoms with Gasteiger partial charge in [-0.3, -0.25) is 4.72 Å². The highest BCUT2D eigenvalue weighted by molar-refractivity contribution is 8.00. The molecule has 7 heavy (non-hydrogen) atoms. The zero-order chi connectivity index (χ0) is 5.11. The van der Waals surface area contributed by atoms with Crippen LogP contribution in [0, 0.1) is 0 Å². The topological polar surface area (TPSA) is 41.1 Å². The van der Waals surface area contributed by atoms with Crippen LogP contribution < -0.4 is 10.0 Å². The molecule has 3 nitrogen and oxygen atoms in total. The summed E-state index contributed by atoms with van der Waals surface area (Å²) < 4.78 is 2.46. The lowest BCUT2D eigenvalue weighted by Crippen LogP contribution is -2.28. The van der Waals surface area contributed by atoms with Crippen LogP contribution in [0.15, 0.2) is 11.6 Å². The van der Waals surface area contributed by atoms with Crippen molar-refractivity contribution >= 4 is 18.0 Å². The van der Waals surface area contributed by atoms with Gasteiger partial charge in [-0.05, 0) is 11.9 Å². The van der Waals surface area contributed by atoms with E-state index in [-0.39, 0.29) is 6.03 Å². The number of amides is 2. The second-order valence-corrected chi connectivity index (χ2v) is 1.71. The summed E-state index contributed by atoms with van der Waals surface area (Å²) in [6.45, 7) is 0. The first-order chi connectivity index (χ1) is 3.39. The fraction of sp³-hybridized carbons (Fsp3) is 0. The van der Waals surface area contributed by atoms with Crippen LogP contribution >= 0.6 is 11.9 Å². The number of hydrogen-bond acceptors (Lipinski definition) is 2. The molecule has 0 saturated heterocycles. The van der Waals surface area contributed by atoms with E-state index in [9.17, 15) is 4.79 Å². The highest BCUT2D eigenvalue weighted by Crippen LogP contribution is 1.96. The molecule has 0 aliphatic carbocycles. The number of nitrogens with one attached hydrogen (secondary N) is 2. The quantitative estimate of drug-likeness (QED) is 0.450. The van der Waals surface area contributed by atoms with E-state index in [1.165, 1.54) is 11.9 Å². The van der Waals surface area contributed by atoms with Crippen molar-refractivity contribution in [3.63, 3.8) is 0 Å². The van der Waals surface area contributed by atoms with Crippen molar-refractivity contribution in [3.05, 3.63) is 11.6 Å². The van der Waals surface area contributed by atoms with Crippen LogP contribution in [-0.2, 0) is 0 Å². The van der Waals surface area contributed by atoms with Crippen molar-refractivity contribution in [2.45, 2.75) is 0 Å². The van der Waals surface area contributed by atoms with Gasteiger partial charge in [0.05, 0.1) is 0 Å². The number of carbonyl (C=O) groups is 1. The smallest absolute Gasteiger partial charge is 0.313 e. The van der Waals surface area contributed by atoms with Gasteiger partial charge in [0, 0.05) is 11.6 Å². The standard InChI is InChI=1S/C3H4N2OS/c6-3-4-1-2-7-5-3/h1-2H,(H2,4,5,6). The number of rotatable bonds is 0. The van der Waals surface area contributed by atoms with E-state index < -0.39 is 0 Å². The van der Waals surface area contributed by atoms with Gasteiger partial charge in [-0.2, -0.15) is 0 Å². The van der Waals surface area contributed by atoms with Crippen LogP contribution in [0.4, 0.5) is 4.79 Å². The SMILES string of the molecule is O=C1NC=CSN1. The summed E-state index contributed by atoms with van der Waals surface area (Å²) in [4.78, 5) is 10.2. The third-order valence-electron chi connectivity index (χ3n) is 0.502. The summed E-state index contributed by atoms with van der Waals surface area (Å²) >= 11 is 1.26.